The molecule has 5 heteroatoms. The van der Waals surface area contributed by atoms with Crippen LogP contribution in [0.2, 0.25) is 0 Å². The molecule has 3 rings (SSSR count). The summed E-state index contributed by atoms with van der Waals surface area (Å²) in [5, 5.41) is 0. The van der Waals surface area contributed by atoms with Crippen LogP contribution in [-0.4, -0.2) is 42.6 Å². The fourth-order valence-corrected chi connectivity index (χ4v) is 3.11. The van der Waals surface area contributed by atoms with Crippen LogP contribution in [0.15, 0.2) is 41.0 Å². The first kappa shape index (κ1) is 17.4. The van der Waals surface area contributed by atoms with Crippen LogP contribution < -0.4 is 9.64 Å². The van der Waals surface area contributed by atoms with Crippen LogP contribution >= 0.6 is 0 Å². The molecule has 1 saturated heterocycles. The Morgan fingerprint density at radius 1 is 1.12 bits per heavy atom. The van der Waals surface area contributed by atoms with Crippen LogP contribution in [-0.2, 0) is 0 Å². The van der Waals surface area contributed by atoms with E-state index in [2.05, 4.69) is 24.0 Å². The predicted molar refractivity (Wildman–Crippen MR) is 98.4 cm³/mol. The maximum absolute atomic E-state index is 12.3. The molecule has 1 aliphatic rings. The number of carbonyl (C=O) groups excluding carboxylic acids is 1. The van der Waals surface area contributed by atoms with Gasteiger partial charge in [-0.3, -0.25) is 4.79 Å². The zero-order chi connectivity index (χ0) is 18.0. The lowest BCUT2D eigenvalue weighted by molar-refractivity contribution is 0.0714. The van der Waals surface area contributed by atoms with Gasteiger partial charge in [0.2, 0.25) is 0 Å². The summed E-state index contributed by atoms with van der Waals surface area (Å²) >= 11 is 0. The van der Waals surface area contributed by atoms with Gasteiger partial charge in [-0.05, 0) is 63.6 Å². The summed E-state index contributed by atoms with van der Waals surface area (Å²) in [4.78, 5) is 16.5. The minimum atomic E-state index is -0.203. The lowest BCUT2D eigenvalue weighted by atomic mass is 10.1. The van der Waals surface area contributed by atoms with Crippen molar-refractivity contribution in [1.82, 2.24) is 4.90 Å². The third kappa shape index (κ3) is 4.16. The highest BCUT2D eigenvalue weighted by molar-refractivity contribution is 5.91. The van der Waals surface area contributed by atoms with Crippen LogP contribution in [0.5, 0.6) is 5.75 Å². The number of ether oxygens (including phenoxy) is 1. The minimum Gasteiger partial charge on any atom is -0.488 e. The molecule has 1 aromatic carbocycles. The Balaban J connectivity index is 1.64. The fraction of sp³-hybridized carbons (Fsp3) is 0.450. The average Bonchev–Trinajstić information content (AvgIpc) is 3.07. The molecule has 0 N–H and O–H groups in total. The second kappa shape index (κ2) is 6.82. The van der Waals surface area contributed by atoms with E-state index in [-0.39, 0.29) is 11.5 Å². The van der Waals surface area contributed by atoms with E-state index in [0.717, 1.165) is 18.8 Å². The van der Waals surface area contributed by atoms with E-state index in [1.165, 1.54) is 17.5 Å². The van der Waals surface area contributed by atoms with Crippen molar-refractivity contribution >= 4 is 11.6 Å². The lowest BCUT2D eigenvalue weighted by Gasteiger charge is -2.36. The molecule has 2 heterocycles. The van der Waals surface area contributed by atoms with Gasteiger partial charge < -0.3 is 19.0 Å². The molecule has 1 aliphatic heterocycles. The van der Waals surface area contributed by atoms with Crippen molar-refractivity contribution in [2.75, 3.05) is 31.1 Å². The van der Waals surface area contributed by atoms with E-state index < -0.39 is 0 Å². The first-order chi connectivity index (χ1) is 11.8. The quantitative estimate of drug-likeness (QED) is 0.853. The van der Waals surface area contributed by atoms with Crippen molar-refractivity contribution < 1.29 is 13.9 Å². The molecule has 1 fully saturated rings. The normalized spacial score (nSPS) is 15.4. The third-order valence-corrected chi connectivity index (χ3v) is 4.23. The van der Waals surface area contributed by atoms with Crippen molar-refractivity contribution in [3.8, 4) is 5.75 Å². The van der Waals surface area contributed by atoms with Crippen molar-refractivity contribution in [2.45, 2.75) is 33.3 Å². The standard InChI is InChI=1S/C20H26N2O3/c1-15-14-16(25-20(2,3)4)7-8-17(15)21-9-11-22(12-10-21)19(23)18-6-5-13-24-18/h5-8,13-14H,9-12H2,1-4H3. The highest BCUT2D eigenvalue weighted by atomic mass is 16.5. The Morgan fingerprint density at radius 2 is 1.84 bits per heavy atom. The molecular weight excluding hydrogens is 316 g/mol. The van der Waals surface area contributed by atoms with Gasteiger partial charge in [-0.25, -0.2) is 0 Å². The highest BCUT2D eigenvalue weighted by Gasteiger charge is 2.24. The number of piperazine rings is 1. The first-order valence-corrected chi connectivity index (χ1v) is 8.71. The van der Waals surface area contributed by atoms with E-state index in [9.17, 15) is 4.79 Å². The van der Waals surface area contributed by atoms with E-state index in [1.54, 1.807) is 12.1 Å². The summed E-state index contributed by atoms with van der Waals surface area (Å²) < 4.78 is 11.1. The smallest absolute Gasteiger partial charge is 0.289 e. The number of hydrogen-bond donors (Lipinski definition) is 0. The minimum absolute atomic E-state index is 0.0321. The van der Waals surface area contributed by atoms with Gasteiger partial charge in [0, 0.05) is 31.9 Å². The van der Waals surface area contributed by atoms with Crippen molar-refractivity contribution in [1.29, 1.82) is 0 Å². The predicted octanol–water partition coefficient (Wildman–Crippen LogP) is 3.73. The Labute approximate surface area is 149 Å². The molecule has 134 valence electrons. The monoisotopic (exact) mass is 342 g/mol. The highest BCUT2D eigenvalue weighted by Crippen LogP contribution is 2.28. The molecule has 0 bridgehead atoms. The summed E-state index contributed by atoms with van der Waals surface area (Å²) in [6.45, 7) is 11.3. The van der Waals surface area contributed by atoms with Gasteiger partial charge in [0.15, 0.2) is 5.76 Å². The van der Waals surface area contributed by atoms with Gasteiger partial charge in [-0.2, -0.15) is 0 Å². The van der Waals surface area contributed by atoms with E-state index in [1.807, 2.05) is 31.7 Å². The van der Waals surface area contributed by atoms with Crippen LogP contribution in [0.25, 0.3) is 0 Å². The molecule has 0 atom stereocenters. The molecule has 25 heavy (non-hydrogen) atoms. The maximum Gasteiger partial charge on any atom is 0.289 e. The van der Waals surface area contributed by atoms with Crippen molar-refractivity contribution in [2.24, 2.45) is 0 Å². The SMILES string of the molecule is Cc1cc(OC(C)(C)C)ccc1N1CCN(C(=O)c2ccco2)CC1. The van der Waals surface area contributed by atoms with Gasteiger partial charge in [-0.1, -0.05) is 0 Å². The van der Waals surface area contributed by atoms with Crippen LogP contribution in [0, 0.1) is 6.92 Å². The van der Waals surface area contributed by atoms with Gasteiger partial charge in [0.25, 0.3) is 5.91 Å². The van der Waals surface area contributed by atoms with E-state index in [0.29, 0.717) is 18.8 Å². The molecule has 0 radical (unpaired) electrons. The molecule has 0 unspecified atom stereocenters. The van der Waals surface area contributed by atoms with E-state index in [4.69, 9.17) is 9.15 Å². The van der Waals surface area contributed by atoms with E-state index >= 15 is 0 Å². The molecular formula is C20H26N2O3. The maximum atomic E-state index is 12.3. The summed E-state index contributed by atoms with van der Waals surface area (Å²) in [6.07, 6.45) is 1.54. The number of benzene rings is 1. The lowest BCUT2D eigenvalue weighted by Crippen LogP contribution is -2.48. The average molecular weight is 342 g/mol. The Morgan fingerprint density at radius 3 is 2.40 bits per heavy atom. The molecule has 0 spiro atoms. The van der Waals surface area contributed by atoms with Gasteiger partial charge in [0.05, 0.1) is 6.26 Å². The summed E-state index contributed by atoms with van der Waals surface area (Å²) in [6, 6.07) is 9.68. The number of furan rings is 1. The fourth-order valence-electron chi connectivity index (χ4n) is 3.11. The van der Waals surface area contributed by atoms with Crippen molar-refractivity contribution in [3.05, 3.63) is 47.9 Å². The number of aryl methyl sites for hydroxylation is 1. The molecule has 0 saturated carbocycles. The summed E-state index contributed by atoms with van der Waals surface area (Å²) in [5.74, 6) is 1.27. The first-order valence-electron chi connectivity index (χ1n) is 8.71. The van der Waals surface area contributed by atoms with Crippen LogP contribution in [0.1, 0.15) is 36.9 Å². The molecule has 2 aromatic rings. The van der Waals surface area contributed by atoms with Crippen molar-refractivity contribution in [3.63, 3.8) is 0 Å². The molecule has 5 nitrogen and oxygen atoms in total. The zero-order valence-corrected chi connectivity index (χ0v) is 15.4. The Bertz CT molecular complexity index is 724. The number of rotatable bonds is 3. The number of nitrogens with zero attached hydrogens (tertiary/aromatic N) is 2. The summed E-state index contributed by atoms with van der Waals surface area (Å²) in [5.41, 5.74) is 2.19. The molecule has 1 aromatic heterocycles. The van der Waals surface area contributed by atoms with Crippen LogP contribution in [0.3, 0.4) is 0 Å². The Kier molecular flexibility index (Phi) is 4.75. The second-order valence-electron chi connectivity index (χ2n) is 7.42. The van der Waals surface area contributed by atoms with Gasteiger partial charge in [-0.15, -0.1) is 0 Å². The molecule has 0 aliphatic carbocycles. The Hall–Kier alpha value is -2.43. The summed E-state index contributed by atoms with van der Waals surface area (Å²) in [7, 11) is 0. The topological polar surface area (TPSA) is 45.9 Å². The number of hydrogen-bond acceptors (Lipinski definition) is 4. The largest absolute Gasteiger partial charge is 0.488 e. The number of anilines is 1. The zero-order valence-electron chi connectivity index (χ0n) is 15.4. The number of amides is 1. The van der Waals surface area contributed by atoms with Crippen LogP contribution in [0.4, 0.5) is 5.69 Å². The van der Waals surface area contributed by atoms with Gasteiger partial charge in [0.1, 0.15) is 11.4 Å². The molecule has 1 amide bonds. The number of carbonyl (C=O) groups is 1. The van der Waals surface area contributed by atoms with Gasteiger partial charge >= 0.3 is 0 Å². The third-order valence-electron chi connectivity index (χ3n) is 4.23. The second-order valence-corrected chi connectivity index (χ2v) is 7.42.